The topological polar surface area (TPSA) is 61.8 Å². The van der Waals surface area contributed by atoms with E-state index < -0.39 is 0 Å². The third-order valence-corrected chi connectivity index (χ3v) is 3.40. The minimum absolute atomic E-state index is 0.0580. The summed E-state index contributed by atoms with van der Waals surface area (Å²) < 4.78 is 5.23. The zero-order valence-corrected chi connectivity index (χ0v) is 11.5. The van der Waals surface area contributed by atoms with E-state index in [0.29, 0.717) is 19.0 Å². The number of hydrogen-bond donors (Lipinski definition) is 2. The Kier molecular flexibility index (Phi) is 7.05. The molecular weight excluding hydrogens is 232 g/mol. The summed E-state index contributed by atoms with van der Waals surface area (Å²) in [7, 11) is 0. The number of ether oxygens (including phenoxy) is 1. The lowest BCUT2D eigenvalue weighted by atomic mass is 9.96. The van der Waals surface area contributed by atoms with Crippen molar-refractivity contribution in [3.8, 4) is 0 Å². The molecule has 0 bridgehead atoms. The summed E-state index contributed by atoms with van der Waals surface area (Å²) in [6.07, 6.45) is 2.38. The van der Waals surface area contributed by atoms with E-state index in [4.69, 9.17) is 4.74 Å². The monoisotopic (exact) mass is 258 g/mol. The number of β-amino-alcohol motifs (C(OH)–C–C–N with tert-alkyl or cyclic N) is 1. The second kappa shape index (κ2) is 8.32. The van der Waals surface area contributed by atoms with Crippen LogP contribution < -0.4 is 5.32 Å². The highest BCUT2D eigenvalue weighted by Gasteiger charge is 2.26. The van der Waals surface area contributed by atoms with Gasteiger partial charge in [-0.1, -0.05) is 6.92 Å². The Morgan fingerprint density at radius 3 is 2.94 bits per heavy atom. The highest BCUT2D eigenvalue weighted by Crippen LogP contribution is 2.16. The minimum atomic E-state index is -0.387. The summed E-state index contributed by atoms with van der Waals surface area (Å²) in [6, 6.07) is -0.0580. The number of urea groups is 1. The van der Waals surface area contributed by atoms with Crippen LogP contribution in [0.25, 0.3) is 0 Å². The summed E-state index contributed by atoms with van der Waals surface area (Å²) in [6.45, 7) is 7.36. The van der Waals surface area contributed by atoms with Gasteiger partial charge in [0.2, 0.25) is 0 Å². The molecule has 2 unspecified atom stereocenters. The number of likely N-dealkylation sites (tertiary alicyclic amines) is 1. The van der Waals surface area contributed by atoms with Crippen LogP contribution in [0.4, 0.5) is 4.79 Å². The Balaban J connectivity index is 2.09. The van der Waals surface area contributed by atoms with E-state index in [1.54, 1.807) is 4.90 Å². The number of nitrogens with one attached hydrogen (secondary N) is 1. The summed E-state index contributed by atoms with van der Waals surface area (Å²) >= 11 is 0. The Hall–Kier alpha value is -0.810. The molecule has 2 atom stereocenters. The molecule has 0 aromatic heterocycles. The van der Waals surface area contributed by atoms with Gasteiger partial charge in [0, 0.05) is 32.8 Å². The normalized spacial score (nSPS) is 24.1. The van der Waals surface area contributed by atoms with Gasteiger partial charge in [-0.15, -0.1) is 0 Å². The Morgan fingerprint density at radius 2 is 2.28 bits per heavy atom. The van der Waals surface area contributed by atoms with Crippen LogP contribution in [0.1, 0.15) is 33.1 Å². The van der Waals surface area contributed by atoms with E-state index >= 15 is 0 Å². The maximum Gasteiger partial charge on any atom is 0.317 e. The standard InChI is InChI=1S/C13H26N2O3/c1-3-18-9-5-4-7-14-13(17)15-8-6-11(2)12(16)10-15/h11-12,16H,3-10H2,1-2H3,(H,14,17). The molecule has 0 saturated carbocycles. The van der Waals surface area contributed by atoms with Crippen molar-refractivity contribution in [1.29, 1.82) is 0 Å². The summed E-state index contributed by atoms with van der Waals surface area (Å²) in [4.78, 5) is 13.5. The lowest BCUT2D eigenvalue weighted by Crippen LogP contribution is -2.49. The zero-order valence-electron chi connectivity index (χ0n) is 11.5. The van der Waals surface area contributed by atoms with Crippen LogP contribution in [0.2, 0.25) is 0 Å². The summed E-state index contributed by atoms with van der Waals surface area (Å²) in [5.74, 6) is 0.292. The number of carbonyl (C=O) groups is 1. The molecule has 2 N–H and O–H groups in total. The number of rotatable bonds is 6. The molecule has 2 amide bonds. The molecule has 18 heavy (non-hydrogen) atoms. The van der Waals surface area contributed by atoms with E-state index in [1.165, 1.54) is 0 Å². The van der Waals surface area contributed by atoms with Gasteiger partial charge in [-0.25, -0.2) is 4.79 Å². The summed E-state index contributed by atoms with van der Waals surface area (Å²) in [5.41, 5.74) is 0. The molecule has 1 rings (SSSR count). The molecule has 106 valence electrons. The quantitative estimate of drug-likeness (QED) is 0.704. The van der Waals surface area contributed by atoms with Crippen LogP contribution in [0.15, 0.2) is 0 Å². The average molecular weight is 258 g/mol. The SMILES string of the molecule is CCOCCCCNC(=O)N1CCC(C)C(O)C1. The smallest absolute Gasteiger partial charge is 0.317 e. The van der Waals surface area contributed by atoms with Crippen molar-refractivity contribution in [2.45, 2.75) is 39.2 Å². The molecule has 0 aromatic rings. The maximum absolute atomic E-state index is 11.8. The fourth-order valence-corrected chi connectivity index (χ4v) is 2.01. The van der Waals surface area contributed by atoms with Crippen molar-refractivity contribution in [2.24, 2.45) is 5.92 Å². The second-order valence-electron chi connectivity index (χ2n) is 4.92. The first-order valence-corrected chi connectivity index (χ1v) is 6.93. The van der Waals surface area contributed by atoms with Crippen molar-refractivity contribution in [3.63, 3.8) is 0 Å². The van der Waals surface area contributed by atoms with Gasteiger partial charge in [-0.05, 0) is 32.1 Å². The van der Waals surface area contributed by atoms with Gasteiger partial charge in [0.15, 0.2) is 0 Å². The van der Waals surface area contributed by atoms with Gasteiger partial charge in [-0.2, -0.15) is 0 Å². The molecular formula is C13H26N2O3. The molecule has 0 aromatic carbocycles. The number of hydrogen-bond acceptors (Lipinski definition) is 3. The van der Waals surface area contributed by atoms with Gasteiger partial charge in [-0.3, -0.25) is 0 Å². The number of unbranched alkanes of at least 4 members (excludes halogenated alkanes) is 1. The predicted molar refractivity (Wildman–Crippen MR) is 70.5 cm³/mol. The van der Waals surface area contributed by atoms with E-state index in [1.807, 2.05) is 13.8 Å². The van der Waals surface area contributed by atoms with Crippen LogP contribution in [0, 0.1) is 5.92 Å². The fourth-order valence-electron chi connectivity index (χ4n) is 2.01. The highest BCUT2D eigenvalue weighted by atomic mass is 16.5. The van der Waals surface area contributed by atoms with Crippen LogP contribution in [0.3, 0.4) is 0 Å². The molecule has 0 aliphatic carbocycles. The van der Waals surface area contributed by atoms with Crippen LogP contribution in [-0.2, 0) is 4.74 Å². The second-order valence-corrected chi connectivity index (χ2v) is 4.92. The zero-order chi connectivity index (χ0) is 13.4. The first kappa shape index (κ1) is 15.2. The fraction of sp³-hybridized carbons (Fsp3) is 0.923. The van der Waals surface area contributed by atoms with E-state index in [-0.39, 0.29) is 12.1 Å². The minimum Gasteiger partial charge on any atom is -0.391 e. The van der Waals surface area contributed by atoms with Crippen molar-refractivity contribution < 1.29 is 14.6 Å². The lowest BCUT2D eigenvalue weighted by Gasteiger charge is -2.34. The van der Waals surface area contributed by atoms with Crippen LogP contribution in [-0.4, -0.2) is 55.0 Å². The van der Waals surface area contributed by atoms with Gasteiger partial charge >= 0.3 is 6.03 Å². The Labute approximate surface area is 109 Å². The van der Waals surface area contributed by atoms with Crippen molar-refractivity contribution in [1.82, 2.24) is 10.2 Å². The number of aliphatic hydroxyl groups is 1. The molecule has 1 heterocycles. The molecule has 1 saturated heterocycles. The van der Waals surface area contributed by atoms with Gasteiger partial charge < -0.3 is 20.1 Å². The molecule has 0 spiro atoms. The highest BCUT2D eigenvalue weighted by molar-refractivity contribution is 5.74. The third-order valence-electron chi connectivity index (χ3n) is 3.40. The maximum atomic E-state index is 11.8. The number of carbonyl (C=O) groups excluding carboxylic acids is 1. The Morgan fingerprint density at radius 1 is 1.50 bits per heavy atom. The number of nitrogens with zero attached hydrogens (tertiary/aromatic N) is 1. The molecule has 1 aliphatic heterocycles. The number of piperidine rings is 1. The molecule has 5 heteroatoms. The predicted octanol–water partition coefficient (Wildman–Crippen LogP) is 1.22. The number of amides is 2. The molecule has 5 nitrogen and oxygen atoms in total. The average Bonchev–Trinajstić information content (AvgIpc) is 2.36. The van der Waals surface area contributed by atoms with Gasteiger partial charge in [0.25, 0.3) is 0 Å². The Bertz CT molecular complexity index is 248. The first-order chi connectivity index (χ1) is 8.65. The van der Waals surface area contributed by atoms with E-state index in [0.717, 1.165) is 39.0 Å². The largest absolute Gasteiger partial charge is 0.391 e. The van der Waals surface area contributed by atoms with Crippen LogP contribution >= 0.6 is 0 Å². The third kappa shape index (κ3) is 5.23. The molecule has 1 aliphatic rings. The van der Waals surface area contributed by atoms with Crippen LogP contribution in [0.5, 0.6) is 0 Å². The molecule has 0 radical (unpaired) electrons. The van der Waals surface area contributed by atoms with Gasteiger partial charge in [0.1, 0.15) is 0 Å². The van der Waals surface area contributed by atoms with Gasteiger partial charge in [0.05, 0.1) is 6.10 Å². The van der Waals surface area contributed by atoms with E-state index in [2.05, 4.69) is 5.32 Å². The van der Waals surface area contributed by atoms with Crippen molar-refractivity contribution in [2.75, 3.05) is 32.8 Å². The lowest BCUT2D eigenvalue weighted by molar-refractivity contribution is 0.0435. The van der Waals surface area contributed by atoms with E-state index in [9.17, 15) is 9.90 Å². The molecule has 1 fully saturated rings. The van der Waals surface area contributed by atoms with Crippen molar-refractivity contribution in [3.05, 3.63) is 0 Å². The van der Waals surface area contributed by atoms with Crippen molar-refractivity contribution >= 4 is 6.03 Å². The first-order valence-electron chi connectivity index (χ1n) is 6.93. The summed E-state index contributed by atoms with van der Waals surface area (Å²) in [5, 5.41) is 12.6. The number of aliphatic hydroxyl groups excluding tert-OH is 1.